The lowest BCUT2D eigenvalue weighted by Gasteiger charge is -2.03. The molecule has 2 aromatic carbocycles. The average molecular weight is 324 g/mol. The minimum absolute atomic E-state index is 0.806. The molecule has 118 valence electrons. The molecule has 0 spiro atoms. The van der Waals surface area contributed by atoms with Gasteiger partial charge in [0.05, 0.1) is 0 Å². The predicted molar refractivity (Wildman–Crippen MR) is 101 cm³/mol. The molecule has 0 saturated heterocycles. The van der Waals surface area contributed by atoms with Gasteiger partial charge in [0.15, 0.2) is 0 Å². The lowest BCUT2D eigenvalue weighted by molar-refractivity contribution is 0.712. The van der Waals surface area contributed by atoms with Crippen LogP contribution in [-0.4, -0.2) is 4.57 Å². The van der Waals surface area contributed by atoms with Gasteiger partial charge < -0.3 is 4.57 Å². The van der Waals surface area contributed by atoms with E-state index in [-0.39, 0.29) is 0 Å². The molecule has 0 radical (unpaired) electrons. The first-order valence-electron chi connectivity index (χ1n) is 8.19. The number of hydrogen-bond acceptors (Lipinski definition) is 0. The van der Waals surface area contributed by atoms with Crippen molar-refractivity contribution in [3.63, 3.8) is 0 Å². The van der Waals surface area contributed by atoms with E-state index in [1.54, 1.807) is 0 Å². The fraction of sp³-hybridized carbons (Fsp3) is 0.238. The summed E-state index contributed by atoms with van der Waals surface area (Å²) >= 11 is 6.08. The van der Waals surface area contributed by atoms with Crippen LogP contribution in [0.1, 0.15) is 30.5 Å². The molecule has 1 heterocycles. The third-order valence-electron chi connectivity index (χ3n) is 4.27. The molecule has 0 aliphatic heterocycles. The number of nitrogens with zero attached hydrogens (tertiary/aromatic N) is 1. The van der Waals surface area contributed by atoms with Crippen LogP contribution in [0.15, 0.2) is 60.7 Å². The van der Waals surface area contributed by atoms with Crippen molar-refractivity contribution >= 4 is 28.6 Å². The van der Waals surface area contributed by atoms with Crippen LogP contribution < -0.4 is 0 Å². The molecule has 0 saturated carbocycles. The molecule has 0 N–H and O–H groups in total. The number of aryl methyl sites for hydroxylation is 2. The summed E-state index contributed by atoms with van der Waals surface area (Å²) in [6, 6.07) is 18.8. The van der Waals surface area contributed by atoms with Crippen LogP contribution in [0.5, 0.6) is 0 Å². The van der Waals surface area contributed by atoms with E-state index < -0.39 is 0 Å². The third kappa shape index (κ3) is 4.05. The number of allylic oxidation sites excluding steroid dienone is 1. The SMILES string of the molecule is Cn1c(CCCCC=Cc2ccccc2)cc2cc(Cl)ccc21. The number of benzene rings is 2. The van der Waals surface area contributed by atoms with Crippen LogP contribution >= 0.6 is 11.6 Å². The Labute approximate surface area is 143 Å². The Morgan fingerprint density at radius 3 is 2.65 bits per heavy atom. The van der Waals surface area contributed by atoms with Crippen molar-refractivity contribution in [1.82, 2.24) is 4.57 Å². The van der Waals surface area contributed by atoms with Gasteiger partial charge in [-0.15, -0.1) is 0 Å². The molecule has 2 heteroatoms. The Hall–Kier alpha value is -1.99. The summed E-state index contributed by atoms with van der Waals surface area (Å²) < 4.78 is 2.28. The van der Waals surface area contributed by atoms with Crippen molar-refractivity contribution in [2.45, 2.75) is 25.7 Å². The molecule has 23 heavy (non-hydrogen) atoms. The summed E-state index contributed by atoms with van der Waals surface area (Å²) in [4.78, 5) is 0. The second-order valence-electron chi connectivity index (χ2n) is 5.96. The topological polar surface area (TPSA) is 4.93 Å². The van der Waals surface area contributed by atoms with Crippen molar-refractivity contribution < 1.29 is 0 Å². The Balaban J connectivity index is 1.51. The molecule has 0 unspecified atom stereocenters. The first-order chi connectivity index (χ1) is 11.2. The van der Waals surface area contributed by atoms with Crippen molar-refractivity contribution in [2.24, 2.45) is 7.05 Å². The van der Waals surface area contributed by atoms with E-state index in [0.717, 1.165) is 17.9 Å². The van der Waals surface area contributed by atoms with Crippen molar-refractivity contribution in [3.05, 3.63) is 77.0 Å². The van der Waals surface area contributed by atoms with Gasteiger partial charge >= 0.3 is 0 Å². The van der Waals surface area contributed by atoms with Gasteiger partial charge in [0.1, 0.15) is 0 Å². The molecule has 0 fully saturated rings. The van der Waals surface area contributed by atoms with Gasteiger partial charge in [-0.3, -0.25) is 0 Å². The molecule has 0 aliphatic carbocycles. The maximum absolute atomic E-state index is 6.08. The third-order valence-corrected chi connectivity index (χ3v) is 4.50. The average Bonchev–Trinajstić information content (AvgIpc) is 2.87. The highest BCUT2D eigenvalue weighted by Gasteiger charge is 2.05. The van der Waals surface area contributed by atoms with Gasteiger partial charge in [0, 0.05) is 28.7 Å². The molecular formula is C21H22ClN. The van der Waals surface area contributed by atoms with E-state index in [1.165, 1.54) is 35.0 Å². The van der Waals surface area contributed by atoms with Crippen LogP contribution in [0.2, 0.25) is 5.02 Å². The van der Waals surface area contributed by atoms with Gasteiger partial charge in [-0.05, 0) is 55.5 Å². The molecule has 3 aromatic rings. The van der Waals surface area contributed by atoms with Gasteiger partial charge in [0.2, 0.25) is 0 Å². The lowest BCUT2D eigenvalue weighted by Crippen LogP contribution is -1.95. The highest BCUT2D eigenvalue weighted by atomic mass is 35.5. The maximum atomic E-state index is 6.08. The number of hydrogen-bond donors (Lipinski definition) is 0. The maximum Gasteiger partial charge on any atom is 0.0480 e. The van der Waals surface area contributed by atoms with Crippen molar-refractivity contribution in [1.29, 1.82) is 0 Å². The Bertz CT molecular complexity index is 799. The largest absolute Gasteiger partial charge is 0.348 e. The number of rotatable bonds is 6. The molecule has 1 nitrogen and oxygen atoms in total. The zero-order valence-corrected chi connectivity index (χ0v) is 14.3. The Morgan fingerprint density at radius 2 is 1.83 bits per heavy atom. The molecular weight excluding hydrogens is 302 g/mol. The van der Waals surface area contributed by atoms with Crippen molar-refractivity contribution in [2.75, 3.05) is 0 Å². The summed E-state index contributed by atoms with van der Waals surface area (Å²) in [5, 5.41) is 2.04. The molecule has 1 aromatic heterocycles. The lowest BCUT2D eigenvalue weighted by atomic mass is 10.1. The monoisotopic (exact) mass is 323 g/mol. The smallest absolute Gasteiger partial charge is 0.0480 e. The minimum atomic E-state index is 0.806. The normalized spacial score (nSPS) is 11.6. The zero-order valence-electron chi connectivity index (χ0n) is 13.5. The quantitative estimate of drug-likeness (QED) is 0.472. The van der Waals surface area contributed by atoms with Crippen LogP contribution in [0.25, 0.3) is 17.0 Å². The van der Waals surface area contributed by atoms with Crippen molar-refractivity contribution in [3.8, 4) is 0 Å². The highest BCUT2D eigenvalue weighted by Crippen LogP contribution is 2.23. The fourth-order valence-corrected chi connectivity index (χ4v) is 3.15. The van der Waals surface area contributed by atoms with Crippen LogP contribution in [0, 0.1) is 0 Å². The first kappa shape index (κ1) is 15.9. The predicted octanol–water partition coefficient (Wildman–Crippen LogP) is 6.26. The summed E-state index contributed by atoms with van der Waals surface area (Å²) in [6.45, 7) is 0. The standard InChI is InChI=1S/C21H22ClN/c1-23-20(16-18-15-19(22)13-14-21(18)23)12-8-3-2-5-9-17-10-6-4-7-11-17/h4-7,9-11,13-16H,2-3,8,12H2,1H3. The summed E-state index contributed by atoms with van der Waals surface area (Å²) in [5.74, 6) is 0. The summed E-state index contributed by atoms with van der Waals surface area (Å²) in [6.07, 6.45) is 9.14. The number of unbranched alkanes of at least 4 members (excludes halogenated alkanes) is 2. The fourth-order valence-electron chi connectivity index (χ4n) is 2.97. The number of aromatic nitrogens is 1. The summed E-state index contributed by atoms with van der Waals surface area (Å²) in [5.41, 5.74) is 3.92. The Kier molecular flexibility index (Phi) is 5.19. The zero-order chi connectivity index (χ0) is 16.1. The van der Waals surface area contributed by atoms with E-state index >= 15 is 0 Å². The van der Waals surface area contributed by atoms with Gasteiger partial charge in [-0.2, -0.15) is 0 Å². The molecule has 0 amide bonds. The number of fused-ring (bicyclic) bond motifs is 1. The van der Waals surface area contributed by atoms with Gasteiger partial charge in [-0.1, -0.05) is 54.1 Å². The van der Waals surface area contributed by atoms with Crippen LogP contribution in [-0.2, 0) is 13.5 Å². The molecule has 0 atom stereocenters. The highest BCUT2D eigenvalue weighted by molar-refractivity contribution is 6.31. The van der Waals surface area contributed by atoms with Gasteiger partial charge in [0.25, 0.3) is 0 Å². The van der Waals surface area contributed by atoms with E-state index in [0.29, 0.717) is 0 Å². The van der Waals surface area contributed by atoms with Gasteiger partial charge in [-0.25, -0.2) is 0 Å². The van der Waals surface area contributed by atoms with E-state index in [9.17, 15) is 0 Å². The van der Waals surface area contributed by atoms with E-state index in [4.69, 9.17) is 11.6 Å². The molecule has 0 aliphatic rings. The Morgan fingerprint density at radius 1 is 1.00 bits per heavy atom. The van der Waals surface area contributed by atoms with E-state index in [1.807, 2.05) is 18.2 Å². The second kappa shape index (κ2) is 7.52. The molecule has 0 bridgehead atoms. The summed E-state index contributed by atoms with van der Waals surface area (Å²) in [7, 11) is 2.14. The first-order valence-corrected chi connectivity index (χ1v) is 8.57. The number of halogens is 1. The minimum Gasteiger partial charge on any atom is -0.348 e. The second-order valence-corrected chi connectivity index (χ2v) is 6.39. The molecule has 3 rings (SSSR count). The van der Waals surface area contributed by atoms with Crippen LogP contribution in [0.4, 0.5) is 0 Å². The van der Waals surface area contributed by atoms with Crippen LogP contribution in [0.3, 0.4) is 0 Å². The van der Waals surface area contributed by atoms with E-state index in [2.05, 4.69) is 60.2 Å².